The number of halogens is 3. The summed E-state index contributed by atoms with van der Waals surface area (Å²) >= 11 is 18.8. The van der Waals surface area contributed by atoms with Gasteiger partial charge in [0.05, 0.1) is 46.6 Å². The Balaban J connectivity index is 0.000000176. The standard InChI is InChI=1S/C19H13Cl2N3O.C19H16ClN5O/c1-25-13-6-4-5-12(9-13)15-11-23-19(18(21)14(15)10-22)24-17-8-3-2-7-16(17)20;1-26-12-6-4-5-11(9-12)13-10-22-19(17-16(13)18(21)25-24-17)23-15-8-3-2-7-14(15)20/h2-9,11H,1H3,(H,23,24);2-10H,1H3,(H,22,23)(H3,21,24,25). The number of pyridine rings is 2. The van der Waals surface area contributed by atoms with Gasteiger partial charge in [-0.2, -0.15) is 10.4 Å². The molecule has 0 saturated carbocycles. The van der Waals surface area contributed by atoms with E-state index in [9.17, 15) is 5.26 Å². The molecular formula is C38H29Cl3N8O2. The quantitative estimate of drug-likeness (QED) is 0.120. The number of nitrogens with zero attached hydrogens (tertiary/aromatic N) is 4. The average molecular weight is 736 g/mol. The van der Waals surface area contributed by atoms with E-state index in [1.54, 1.807) is 32.7 Å². The molecule has 13 heteroatoms. The summed E-state index contributed by atoms with van der Waals surface area (Å²) in [6.45, 7) is 0. The van der Waals surface area contributed by atoms with Crippen LogP contribution in [0.5, 0.6) is 11.5 Å². The topological polar surface area (TPSA) is 147 Å². The monoisotopic (exact) mass is 734 g/mol. The van der Waals surface area contributed by atoms with Crippen LogP contribution in [0.1, 0.15) is 5.56 Å². The van der Waals surface area contributed by atoms with Crippen molar-refractivity contribution in [3.05, 3.63) is 130 Å². The molecule has 0 aliphatic heterocycles. The summed E-state index contributed by atoms with van der Waals surface area (Å²) < 4.78 is 10.5. The Bertz CT molecular complexity index is 2390. The summed E-state index contributed by atoms with van der Waals surface area (Å²) in [5.41, 5.74) is 11.8. The highest BCUT2D eigenvalue weighted by Crippen LogP contribution is 2.38. The number of hydrogen-bond acceptors (Lipinski definition) is 9. The molecule has 3 heterocycles. The van der Waals surface area contributed by atoms with E-state index >= 15 is 0 Å². The van der Waals surface area contributed by atoms with Crippen LogP contribution in [-0.4, -0.2) is 34.4 Å². The molecule has 51 heavy (non-hydrogen) atoms. The fourth-order valence-corrected chi connectivity index (χ4v) is 5.84. The van der Waals surface area contributed by atoms with Crippen LogP contribution in [0.4, 0.5) is 28.8 Å². The van der Waals surface area contributed by atoms with Crippen LogP contribution < -0.4 is 25.8 Å². The Morgan fingerprint density at radius 1 is 0.706 bits per heavy atom. The van der Waals surface area contributed by atoms with E-state index in [1.807, 2.05) is 91.0 Å². The van der Waals surface area contributed by atoms with Crippen LogP contribution in [0.15, 0.2) is 109 Å². The van der Waals surface area contributed by atoms with Crippen molar-refractivity contribution in [1.82, 2.24) is 20.2 Å². The Labute approximate surface area is 308 Å². The second-order valence-electron chi connectivity index (χ2n) is 10.9. The Kier molecular flexibility index (Phi) is 10.7. The van der Waals surface area contributed by atoms with E-state index in [-0.39, 0.29) is 5.02 Å². The highest BCUT2D eigenvalue weighted by Gasteiger charge is 2.17. The first-order valence-corrected chi connectivity index (χ1v) is 16.5. The van der Waals surface area contributed by atoms with Crippen molar-refractivity contribution in [2.45, 2.75) is 0 Å². The number of rotatable bonds is 8. The lowest BCUT2D eigenvalue weighted by Gasteiger charge is -2.13. The molecule has 4 aromatic carbocycles. The van der Waals surface area contributed by atoms with Gasteiger partial charge in [-0.1, -0.05) is 83.3 Å². The summed E-state index contributed by atoms with van der Waals surface area (Å²) in [6, 6.07) is 32.0. The molecule has 5 N–H and O–H groups in total. The van der Waals surface area contributed by atoms with Crippen molar-refractivity contribution in [2.75, 3.05) is 30.6 Å². The Morgan fingerprint density at radius 3 is 1.80 bits per heavy atom. The van der Waals surface area contributed by atoms with Gasteiger partial charge in [-0.3, -0.25) is 5.10 Å². The van der Waals surface area contributed by atoms with Crippen molar-refractivity contribution in [3.63, 3.8) is 0 Å². The molecule has 0 atom stereocenters. The van der Waals surface area contributed by atoms with Gasteiger partial charge in [0.15, 0.2) is 17.5 Å². The second-order valence-corrected chi connectivity index (χ2v) is 12.1. The molecule has 7 aromatic rings. The van der Waals surface area contributed by atoms with Gasteiger partial charge in [0.2, 0.25) is 0 Å². The van der Waals surface area contributed by atoms with Gasteiger partial charge in [-0.15, -0.1) is 0 Å². The number of nitrogen functional groups attached to an aromatic ring is 1. The Hall–Kier alpha value is -5.99. The van der Waals surface area contributed by atoms with Gasteiger partial charge in [-0.05, 0) is 59.7 Å². The van der Waals surface area contributed by atoms with Crippen LogP contribution in [0, 0.1) is 11.3 Å². The minimum absolute atomic E-state index is 0.239. The number of nitrogens with one attached hydrogen (secondary N) is 3. The van der Waals surface area contributed by atoms with Crippen molar-refractivity contribution in [3.8, 4) is 39.8 Å². The lowest BCUT2D eigenvalue weighted by atomic mass is 10.0. The van der Waals surface area contributed by atoms with E-state index < -0.39 is 0 Å². The SMILES string of the molecule is COc1cccc(-c2cnc(Nc3ccccc3Cl)c(Cl)c2C#N)c1.COc1cccc(-c2cnc(Nc3ccccc3Cl)c3[nH]nc(N)c23)c1. The summed E-state index contributed by atoms with van der Waals surface area (Å²) in [4.78, 5) is 8.91. The third kappa shape index (κ3) is 7.61. The molecule has 7 rings (SSSR count). The highest BCUT2D eigenvalue weighted by atomic mass is 35.5. The number of nitriles is 1. The first-order chi connectivity index (χ1) is 24.8. The molecule has 0 bridgehead atoms. The minimum Gasteiger partial charge on any atom is -0.497 e. The third-order valence-corrected chi connectivity index (χ3v) is 8.80. The number of fused-ring (bicyclic) bond motifs is 1. The van der Waals surface area contributed by atoms with E-state index in [2.05, 4.69) is 36.9 Å². The molecule has 0 radical (unpaired) electrons. The van der Waals surface area contributed by atoms with Crippen LogP contribution in [0.2, 0.25) is 15.1 Å². The predicted octanol–water partition coefficient (Wildman–Crippen LogP) is 10.3. The average Bonchev–Trinajstić information content (AvgIpc) is 3.56. The lowest BCUT2D eigenvalue weighted by Crippen LogP contribution is -1.99. The number of para-hydroxylation sites is 2. The van der Waals surface area contributed by atoms with Crippen molar-refractivity contribution in [1.29, 1.82) is 5.26 Å². The van der Waals surface area contributed by atoms with Gasteiger partial charge in [0.25, 0.3) is 0 Å². The summed E-state index contributed by atoms with van der Waals surface area (Å²) in [5.74, 6) is 2.83. The fraction of sp³-hybridized carbons (Fsp3) is 0.0526. The highest BCUT2D eigenvalue weighted by molar-refractivity contribution is 6.35. The molecule has 3 aromatic heterocycles. The van der Waals surface area contributed by atoms with Gasteiger partial charge >= 0.3 is 0 Å². The number of ether oxygens (including phenoxy) is 2. The largest absolute Gasteiger partial charge is 0.497 e. The first-order valence-electron chi connectivity index (χ1n) is 15.3. The Morgan fingerprint density at radius 2 is 1.24 bits per heavy atom. The van der Waals surface area contributed by atoms with Crippen molar-refractivity contribution in [2.24, 2.45) is 0 Å². The third-order valence-electron chi connectivity index (χ3n) is 7.77. The molecule has 254 valence electrons. The number of aromatic amines is 1. The van der Waals surface area contributed by atoms with E-state index in [0.717, 1.165) is 33.5 Å². The van der Waals surface area contributed by atoms with Gasteiger partial charge in [0, 0.05) is 23.5 Å². The van der Waals surface area contributed by atoms with Crippen molar-refractivity contribution < 1.29 is 9.47 Å². The van der Waals surface area contributed by atoms with E-state index in [4.69, 9.17) is 50.0 Å². The number of H-pyrrole nitrogens is 1. The molecule has 0 unspecified atom stereocenters. The minimum atomic E-state index is 0.239. The van der Waals surface area contributed by atoms with Crippen LogP contribution in [0.25, 0.3) is 33.2 Å². The smallest absolute Gasteiger partial charge is 0.156 e. The normalized spacial score (nSPS) is 10.5. The summed E-state index contributed by atoms with van der Waals surface area (Å²) in [5, 5.41) is 25.2. The molecular weight excluding hydrogens is 707 g/mol. The maximum atomic E-state index is 9.58. The molecule has 0 fully saturated rings. The zero-order chi connectivity index (χ0) is 35.9. The zero-order valence-electron chi connectivity index (χ0n) is 27.2. The summed E-state index contributed by atoms with van der Waals surface area (Å²) in [6.07, 6.45) is 3.38. The number of anilines is 5. The van der Waals surface area contributed by atoms with Gasteiger partial charge in [-0.25, -0.2) is 9.97 Å². The number of hydrogen-bond donors (Lipinski definition) is 4. The maximum absolute atomic E-state index is 9.58. The number of aromatic nitrogens is 4. The van der Waals surface area contributed by atoms with E-state index in [0.29, 0.717) is 55.6 Å². The molecule has 0 aliphatic carbocycles. The maximum Gasteiger partial charge on any atom is 0.156 e. The second kappa shape index (κ2) is 15.7. The lowest BCUT2D eigenvalue weighted by molar-refractivity contribution is 0.415. The number of methoxy groups -OCH3 is 2. The molecule has 0 amide bonds. The number of benzene rings is 4. The molecule has 0 aliphatic rings. The number of nitrogens with two attached hydrogens (primary N) is 1. The van der Waals surface area contributed by atoms with Crippen LogP contribution in [-0.2, 0) is 0 Å². The van der Waals surface area contributed by atoms with Gasteiger partial charge in [0.1, 0.15) is 28.1 Å². The van der Waals surface area contributed by atoms with Crippen molar-refractivity contribution >= 4 is 74.5 Å². The molecule has 10 nitrogen and oxygen atoms in total. The zero-order valence-corrected chi connectivity index (χ0v) is 29.5. The molecule has 0 spiro atoms. The first kappa shape index (κ1) is 34.9. The summed E-state index contributed by atoms with van der Waals surface area (Å²) in [7, 11) is 3.22. The van der Waals surface area contributed by atoms with Crippen LogP contribution >= 0.6 is 34.8 Å². The predicted molar refractivity (Wildman–Crippen MR) is 206 cm³/mol. The van der Waals surface area contributed by atoms with Crippen LogP contribution in [0.3, 0.4) is 0 Å². The molecule has 0 saturated heterocycles. The van der Waals surface area contributed by atoms with E-state index in [1.165, 1.54) is 0 Å². The fourth-order valence-electron chi connectivity index (χ4n) is 5.24. The van der Waals surface area contributed by atoms with Gasteiger partial charge < -0.3 is 25.8 Å².